The van der Waals surface area contributed by atoms with Gasteiger partial charge in [-0.15, -0.1) is 0 Å². The van der Waals surface area contributed by atoms with E-state index < -0.39 is 5.82 Å². The van der Waals surface area contributed by atoms with Crippen molar-refractivity contribution in [2.45, 2.75) is 18.9 Å². The van der Waals surface area contributed by atoms with Gasteiger partial charge in [-0.1, -0.05) is 12.1 Å². The molecule has 2 heterocycles. The van der Waals surface area contributed by atoms with Crippen molar-refractivity contribution < 1.29 is 18.4 Å². The van der Waals surface area contributed by atoms with Gasteiger partial charge in [0.1, 0.15) is 5.75 Å². The second-order valence-corrected chi connectivity index (χ2v) is 7.84. The fourth-order valence-electron chi connectivity index (χ4n) is 3.84. The summed E-state index contributed by atoms with van der Waals surface area (Å²) in [6.45, 7) is 0. The van der Waals surface area contributed by atoms with Crippen LogP contribution < -0.4 is 15.6 Å². The molecule has 32 heavy (non-hydrogen) atoms. The van der Waals surface area contributed by atoms with Crippen molar-refractivity contribution in [2.24, 2.45) is 0 Å². The Morgan fingerprint density at radius 3 is 2.78 bits per heavy atom. The molecule has 0 aliphatic heterocycles. The van der Waals surface area contributed by atoms with Crippen LogP contribution in [0.15, 0.2) is 64.0 Å². The number of amides is 1. The number of carbonyl (C=O) groups excluding carboxylic acids is 1. The summed E-state index contributed by atoms with van der Waals surface area (Å²) in [4.78, 5) is 28.8. The SMILES string of the molecule is O=C(NC1CC1)c1cccc2c(F)c(Oc3ccnc4cc5o[nH]c(=O)c5cc34)ccc12. The zero-order valence-electron chi connectivity index (χ0n) is 16.6. The Bertz CT molecular complexity index is 1600. The standard InChI is InChI=1S/C24H16FN3O4/c25-22-14-2-1-3-15(23(29)27-12-4-5-12)13(14)6-7-20(22)31-19-8-9-26-18-11-21-17(10-16(18)19)24(30)28-32-21/h1-3,6-12H,4-5H2,(H,27,29)(H,28,30). The number of nitrogens with zero attached hydrogens (tertiary/aromatic N) is 1. The predicted octanol–water partition coefficient (Wildman–Crippen LogP) is 4.65. The van der Waals surface area contributed by atoms with Gasteiger partial charge < -0.3 is 14.6 Å². The van der Waals surface area contributed by atoms with Crippen molar-refractivity contribution in [3.8, 4) is 11.5 Å². The first-order valence-electron chi connectivity index (χ1n) is 10.2. The lowest BCUT2D eigenvalue weighted by Gasteiger charge is -2.12. The van der Waals surface area contributed by atoms with E-state index in [2.05, 4.69) is 15.5 Å². The van der Waals surface area contributed by atoms with Crippen LogP contribution in [0.4, 0.5) is 4.39 Å². The summed E-state index contributed by atoms with van der Waals surface area (Å²) in [5, 5.41) is 6.92. The zero-order valence-corrected chi connectivity index (χ0v) is 16.6. The molecule has 1 amide bonds. The third-order valence-corrected chi connectivity index (χ3v) is 5.64. The highest BCUT2D eigenvalue weighted by molar-refractivity contribution is 6.07. The molecule has 7 nitrogen and oxygen atoms in total. The van der Waals surface area contributed by atoms with Gasteiger partial charge >= 0.3 is 0 Å². The highest BCUT2D eigenvalue weighted by Crippen LogP contribution is 2.35. The molecule has 0 bridgehead atoms. The van der Waals surface area contributed by atoms with Crippen molar-refractivity contribution in [1.82, 2.24) is 15.5 Å². The topological polar surface area (TPSA) is 97.2 Å². The third kappa shape index (κ3) is 2.99. The highest BCUT2D eigenvalue weighted by Gasteiger charge is 2.25. The molecule has 0 radical (unpaired) electrons. The van der Waals surface area contributed by atoms with E-state index in [9.17, 15) is 9.59 Å². The summed E-state index contributed by atoms with van der Waals surface area (Å²) < 4.78 is 26.4. The predicted molar refractivity (Wildman–Crippen MR) is 117 cm³/mol. The van der Waals surface area contributed by atoms with Gasteiger partial charge in [0.2, 0.25) is 0 Å². The smallest absolute Gasteiger partial charge is 0.287 e. The molecule has 0 atom stereocenters. The van der Waals surface area contributed by atoms with Gasteiger partial charge in [0.15, 0.2) is 17.1 Å². The summed E-state index contributed by atoms with van der Waals surface area (Å²) in [5.41, 5.74) is 0.973. The molecule has 1 aliphatic carbocycles. The number of aromatic amines is 1. The molecule has 3 aromatic carbocycles. The number of pyridine rings is 1. The average molecular weight is 429 g/mol. The number of nitrogens with one attached hydrogen (secondary N) is 2. The molecule has 0 spiro atoms. The van der Waals surface area contributed by atoms with E-state index in [1.165, 1.54) is 12.3 Å². The van der Waals surface area contributed by atoms with Gasteiger partial charge in [-0.3, -0.25) is 14.6 Å². The molecule has 1 saturated carbocycles. The molecular formula is C24H16FN3O4. The van der Waals surface area contributed by atoms with E-state index in [0.717, 1.165) is 12.8 Å². The molecule has 8 heteroatoms. The maximum Gasteiger partial charge on any atom is 0.287 e. The lowest BCUT2D eigenvalue weighted by molar-refractivity contribution is 0.0952. The van der Waals surface area contributed by atoms with E-state index in [-0.39, 0.29) is 28.6 Å². The number of aromatic nitrogens is 2. The largest absolute Gasteiger partial charge is 0.453 e. The average Bonchev–Trinajstić information content (AvgIpc) is 3.55. The quantitative estimate of drug-likeness (QED) is 0.434. The monoisotopic (exact) mass is 429 g/mol. The number of hydrogen-bond donors (Lipinski definition) is 2. The molecule has 5 aromatic rings. The Balaban J connectivity index is 1.43. The van der Waals surface area contributed by atoms with Crippen molar-refractivity contribution in [1.29, 1.82) is 0 Å². The number of rotatable bonds is 4. The summed E-state index contributed by atoms with van der Waals surface area (Å²) in [7, 11) is 0. The molecule has 158 valence electrons. The van der Waals surface area contributed by atoms with Crippen LogP contribution >= 0.6 is 0 Å². The number of fused-ring (bicyclic) bond motifs is 3. The minimum absolute atomic E-state index is 0.00551. The molecule has 0 unspecified atom stereocenters. The lowest BCUT2D eigenvalue weighted by atomic mass is 10.0. The number of H-pyrrole nitrogens is 1. The first kappa shape index (κ1) is 18.6. The normalized spacial score (nSPS) is 13.7. The maximum absolute atomic E-state index is 15.4. The number of carbonyl (C=O) groups is 1. The van der Waals surface area contributed by atoms with Crippen LogP contribution in [0.1, 0.15) is 23.2 Å². The fourth-order valence-corrected chi connectivity index (χ4v) is 3.84. The van der Waals surface area contributed by atoms with Crippen LogP contribution in [-0.2, 0) is 0 Å². The first-order chi connectivity index (χ1) is 15.6. The van der Waals surface area contributed by atoms with Crippen LogP contribution in [-0.4, -0.2) is 22.1 Å². The van der Waals surface area contributed by atoms with E-state index in [1.54, 1.807) is 42.5 Å². The van der Waals surface area contributed by atoms with Crippen LogP contribution in [0, 0.1) is 5.82 Å². The molecule has 6 rings (SSSR count). The van der Waals surface area contributed by atoms with Gasteiger partial charge in [0.25, 0.3) is 11.5 Å². The van der Waals surface area contributed by atoms with Gasteiger partial charge in [-0.05, 0) is 48.6 Å². The van der Waals surface area contributed by atoms with Gasteiger partial charge in [0.05, 0.1) is 10.9 Å². The third-order valence-electron chi connectivity index (χ3n) is 5.64. The zero-order chi connectivity index (χ0) is 21.8. The fraction of sp³-hybridized carbons (Fsp3) is 0.125. The minimum Gasteiger partial charge on any atom is -0.453 e. The summed E-state index contributed by atoms with van der Waals surface area (Å²) >= 11 is 0. The van der Waals surface area contributed by atoms with Gasteiger partial charge in [0, 0.05) is 34.6 Å². The van der Waals surface area contributed by atoms with Gasteiger partial charge in [-0.25, -0.2) is 4.39 Å². The number of halogens is 1. The Kier molecular flexibility index (Phi) is 4.01. The molecule has 1 fully saturated rings. The summed E-state index contributed by atoms with van der Waals surface area (Å²) in [5.74, 6) is -0.430. The Hall–Kier alpha value is -4.20. The Labute approximate surface area is 179 Å². The van der Waals surface area contributed by atoms with Crippen LogP contribution in [0.3, 0.4) is 0 Å². The lowest BCUT2D eigenvalue weighted by Crippen LogP contribution is -2.25. The van der Waals surface area contributed by atoms with Crippen LogP contribution in [0.25, 0.3) is 32.6 Å². The Morgan fingerprint density at radius 1 is 1.06 bits per heavy atom. The second-order valence-electron chi connectivity index (χ2n) is 7.84. The summed E-state index contributed by atoms with van der Waals surface area (Å²) in [6, 6.07) is 13.2. The van der Waals surface area contributed by atoms with Crippen molar-refractivity contribution in [3.05, 3.63) is 76.5 Å². The van der Waals surface area contributed by atoms with Gasteiger partial charge in [-0.2, -0.15) is 5.16 Å². The Morgan fingerprint density at radius 2 is 1.94 bits per heavy atom. The number of ether oxygens (including phenoxy) is 1. The number of hydrogen-bond acceptors (Lipinski definition) is 5. The molecule has 2 N–H and O–H groups in total. The maximum atomic E-state index is 15.4. The van der Waals surface area contributed by atoms with Crippen LogP contribution in [0.2, 0.25) is 0 Å². The van der Waals surface area contributed by atoms with Crippen molar-refractivity contribution >= 4 is 38.6 Å². The molecule has 1 aliphatic rings. The highest BCUT2D eigenvalue weighted by atomic mass is 19.1. The minimum atomic E-state index is -0.573. The van der Waals surface area contributed by atoms with Crippen molar-refractivity contribution in [2.75, 3.05) is 0 Å². The molecule has 2 aromatic heterocycles. The number of benzene rings is 3. The first-order valence-corrected chi connectivity index (χ1v) is 10.2. The summed E-state index contributed by atoms with van der Waals surface area (Å²) in [6.07, 6.45) is 3.48. The molecule has 0 saturated heterocycles. The van der Waals surface area contributed by atoms with E-state index in [0.29, 0.717) is 38.6 Å². The van der Waals surface area contributed by atoms with Crippen molar-refractivity contribution in [3.63, 3.8) is 0 Å². The molecular weight excluding hydrogens is 413 g/mol. The van der Waals surface area contributed by atoms with E-state index >= 15 is 4.39 Å². The van der Waals surface area contributed by atoms with Crippen LogP contribution in [0.5, 0.6) is 11.5 Å². The van der Waals surface area contributed by atoms with E-state index in [1.807, 2.05) is 0 Å². The second kappa shape index (κ2) is 6.91. The van der Waals surface area contributed by atoms with E-state index in [4.69, 9.17) is 9.26 Å².